The van der Waals surface area contributed by atoms with Gasteiger partial charge in [-0.05, 0) is 76.2 Å². The number of likely N-dealkylation sites (tertiary alicyclic amines) is 1. The maximum absolute atomic E-state index is 13.9. The van der Waals surface area contributed by atoms with Crippen LogP contribution >= 0.6 is 0 Å². The Kier molecular flexibility index (Phi) is 7.36. The second kappa shape index (κ2) is 10.3. The van der Waals surface area contributed by atoms with Gasteiger partial charge in [0.05, 0.1) is 0 Å². The SMILES string of the molecule is CN(C)CCN1C(=O)N[C@](Cc2cccc(F)c2)(C2CCN(C(=O)C3=CCCCC3)CC2)C1=O. The molecule has 3 aliphatic rings. The number of nitrogens with one attached hydrogen (secondary N) is 1. The van der Waals surface area contributed by atoms with Crippen LogP contribution in [0.1, 0.15) is 44.1 Å². The number of piperidine rings is 1. The topological polar surface area (TPSA) is 73.0 Å². The molecule has 0 radical (unpaired) electrons. The molecule has 0 bridgehead atoms. The van der Waals surface area contributed by atoms with E-state index in [9.17, 15) is 18.8 Å². The molecule has 184 valence electrons. The Labute approximate surface area is 201 Å². The van der Waals surface area contributed by atoms with Crippen molar-refractivity contribution in [3.8, 4) is 0 Å². The minimum absolute atomic E-state index is 0.103. The summed E-state index contributed by atoms with van der Waals surface area (Å²) in [5.41, 5.74) is 0.449. The van der Waals surface area contributed by atoms with Crippen LogP contribution in [-0.2, 0) is 16.0 Å². The number of allylic oxidation sites excluding steroid dienone is 1. The van der Waals surface area contributed by atoms with Crippen LogP contribution in [0.15, 0.2) is 35.9 Å². The molecular formula is C26H35FN4O3. The third-order valence-electron chi connectivity index (χ3n) is 7.39. The first kappa shape index (κ1) is 24.4. The molecule has 2 heterocycles. The Morgan fingerprint density at radius 1 is 1.21 bits per heavy atom. The van der Waals surface area contributed by atoms with E-state index in [0.29, 0.717) is 44.6 Å². The molecule has 1 aromatic carbocycles. The Hall–Kier alpha value is -2.74. The summed E-state index contributed by atoms with van der Waals surface area (Å²) in [6.07, 6.45) is 7.49. The molecule has 4 rings (SSSR count). The zero-order valence-electron chi connectivity index (χ0n) is 20.2. The highest BCUT2D eigenvalue weighted by Crippen LogP contribution is 2.37. The fourth-order valence-corrected chi connectivity index (χ4v) is 5.47. The summed E-state index contributed by atoms with van der Waals surface area (Å²) in [4.78, 5) is 44.7. The summed E-state index contributed by atoms with van der Waals surface area (Å²) in [5, 5.41) is 3.02. The van der Waals surface area contributed by atoms with Crippen LogP contribution in [-0.4, -0.2) is 78.4 Å². The monoisotopic (exact) mass is 470 g/mol. The standard InChI is InChI=1S/C26H35FN4O3/c1-29(2)15-16-31-24(33)26(28-25(31)34,18-19-7-6-10-22(27)17-19)21-11-13-30(14-12-21)23(32)20-8-4-3-5-9-20/h6-8,10,17,21H,3-5,9,11-16,18H2,1-2H3,(H,28,34)/t26-/m1/s1. The van der Waals surface area contributed by atoms with Crippen LogP contribution in [0.4, 0.5) is 9.18 Å². The van der Waals surface area contributed by atoms with E-state index in [1.54, 1.807) is 12.1 Å². The maximum Gasteiger partial charge on any atom is 0.325 e. The molecule has 1 aromatic rings. The number of hydrogen-bond donors (Lipinski definition) is 1. The van der Waals surface area contributed by atoms with Gasteiger partial charge in [-0.2, -0.15) is 0 Å². The molecule has 2 fully saturated rings. The van der Waals surface area contributed by atoms with Gasteiger partial charge < -0.3 is 15.1 Å². The van der Waals surface area contributed by atoms with E-state index in [0.717, 1.165) is 31.3 Å². The summed E-state index contributed by atoms with van der Waals surface area (Å²) < 4.78 is 13.9. The lowest BCUT2D eigenvalue weighted by atomic mass is 9.73. The molecule has 8 heteroatoms. The van der Waals surface area contributed by atoms with Gasteiger partial charge in [0.15, 0.2) is 0 Å². The van der Waals surface area contributed by atoms with Gasteiger partial charge in [0, 0.05) is 38.2 Å². The van der Waals surface area contributed by atoms with Crippen molar-refractivity contribution in [2.24, 2.45) is 5.92 Å². The molecule has 1 atom stereocenters. The fraction of sp³-hybridized carbons (Fsp3) is 0.577. The Morgan fingerprint density at radius 3 is 2.62 bits per heavy atom. The highest BCUT2D eigenvalue weighted by molar-refractivity contribution is 6.07. The van der Waals surface area contributed by atoms with Crippen molar-refractivity contribution in [3.63, 3.8) is 0 Å². The van der Waals surface area contributed by atoms with Crippen LogP contribution in [0.5, 0.6) is 0 Å². The number of rotatable bonds is 7. The largest absolute Gasteiger partial charge is 0.339 e. The number of halogens is 1. The number of amides is 4. The molecule has 34 heavy (non-hydrogen) atoms. The lowest BCUT2D eigenvalue weighted by molar-refractivity contribution is -0.135. The third-order valence-corrected chi connectivity index (χ3v) is 7.39. The van der Waals surface area contributed by atoms with Crippen LogP contribution < -0.4 is 5.32 Å². The highest BCUT2D eigenvalue weighted by atomic mass is 19.1. The molecular weight excluding hydrogens is 435 g/mol. The highest BCUT2D eigenvalue weighted by Gasteiger charge is 2.56. The number of nitrogens with zero attached hydrogens (tertiary/aromatic N) is 3. The number of carbonyl (C=O) groups excluding carboxylic acids is 3. The van der Waals surface area contributed by atoms with E-state index in [4.69, 9.17) is 0 Å². The molecule has 7 nitrogen and oxygen atoms in total. The summed E-state index contributed by atoms with van der Waals surface area (Å²) in [6.45, 7) is 1.96. The van der Waals surface area contributed by atoms with Crippen molar-refractivity contribution in [3.05, 3.63) is 47.3 Å². The van der Waals surface area contributed by atoms with Crippen molar-refractivity contribution in [2.75, 3.05) is 40.3 Å². The zero-order valence-corrected chi connectivity index (χ0v) is 20.2. The van der Waals surface area contributed by atoms with Crippen molar-refractivity contribution in [1.29, 1.82) is 0 Å². The first-order chi connectivity index (χ1) is 16.3. The van der Waals surface area contributed by atoms with Gasteiger partial charge in [0.2, 0.25) is 5.91 Å². The van der Waals surface area contributed by atoms with Gasteiger partial charge in [-0.25, -0.2) is 9.18 Å². The fourth-order valence-electron chi connectivity index (χ4n) is 5.47. The number of likely N-dealkylation sites (N-methyl/N-ethyl adjacent to an activating group) is 1. The normalized spacial score (nSPS) is 23.9. The first-order valence-corrected chi connectivity index (χ1v) is 12.3. The summed E-state index contributed by atoms with van der Waals surface area (Å²) in [5.74, 6) is -0.647. The maximum atomic E-state index is 13.9. The molecule has 2 aliphatic heterocycles. The minimum Gasteiger partial charge on any atom is -0.339 e. The quantitative estimate of drug-likeness (QED) is 0.622. The van der Waals surface area contributed by atoms with E-state index in [2.05, 4.69) is 11.4 Å². The Morgan fingerprint density at radius 2 is 1.97 bits per heavy atom. The predicted molar refractivity (Wildman–Crippen MR) is 127 cm³/mol. The second-order valence-corrected chi connectivity index (χ2v) is 10.0. The van der Waals surface area contributed by atoms with Crippen LogP contribution in [0.2, 0.25) is 0 Å². The smallest absolute Gasteiger partial charge is 0.325 e. The van der Waals surface area contributed by atoms with Crippen LogP contribution in [0, 0.1) is 11.7 Å². The van der Waals surface area contributed by atoms with E-state index in [-0.39, 0.29) is 30.0 Å². The van der Waals surface area contributed by atoms with Crippen LogP contribution in [0.25, 0.3) is 0 Å². The zero-order chi connectivity index (χ0) is 24.3. The van der Waals surface area contributed by atoms with Gasteiger partial charge in [0.25, 0.3) is 5.91 Å². The van der Waals surface area contributed by atoms with Gasteiger partial charge >= 0.3 is 6.03 Å². The lowest BCUT2D eigenvalue weighted by Crippen LogP contribution is -2.58. The van der Waals surface area contributed by atoms with Gasteiger partial charge in [-0.15, -0.1) is 0 Å². The Bertz CT molecular complexity index is 971. The van der Waals surface area contributed by atoms with E-state index in [1.165, 1.54) is 17.0 Å². The molecule has 1 N–H and O–H groups in total. The molecule has 2 saturated heterocycles. The number of hydrogen-bond acceptors (Lipinski definition) is 4. The van der Waals surface area contributed by atoms with E-state index < -0.39 is 11.6 Å². The molecule has 0 spiro atoms. The van der Waals surface area contributed by atoms with E-state index in [1.807, 2.05) is 23.9 Å². The number of carbonyl (C=O) groups is 3. The van der Waals surface area contributed by atoms with Crippen molar-refractivity contribution >= 4 is 17.8 Å². The summed E-state index contributed by atoms with van der Waals surface area (Å²) in [7, 11) is 3.79. The minimum atomic E-state index is -1.13. The average molecular weight is 471 g/mol. The summed E-state index contributed by atoms with van der Waals surface area (Å²) in [6, 6.07) is 5.83. The van der Waals surface area contributed by atoms with Crippen molar-refractivity contribution in [1.82, 2.24) is 20.0 Å². The van der Waals surface area contributed by atoms with Gasteiger partial charge in [-0.1, -0.05) is 18.2 Å². The average Bonchev–Trinajstić information content (AvgIpc) is 3.07. The van der Waals surface area contributed by atoms with Crippen molar-refractivity contribution < 1.29 is 18.8 Å². The molecule has 1 aliphatic carbocycles. The van der Waals surface area contributed by atoms with Crippen molar-refractivity contribution in [2.45, 2.75) is 50.5 Å². The van der Waals surface area contributed by atoms with E-state index >= 15 is 0 Å². The molecule has 4 amide bonds. The number of urea groups is 1. The molecule has 0 aromatic heterocycles. The lowest BCUT2D eigenvalue weighted by Gasteiger charge is -2.41. The number of benzene rings is 1. The van der Waals surface area contributed by atoms with Gasteiger partial charge in [-0.3, -0.25) is 14.5 Å². The number of imide groups is 1. The van der Waals surface area contributed by atoms with Crippen LogP contribution in [0.3, 0.4) is 0 Å². The second-order valence-electron chi connectivity index (χ2n) is 10.0. The summed E-state index contributed by atoms with van der Waals surface area (Å²) >= 11 is 0. The Balaban J connectivity index is 1.54. The first-order valence-electron chi connectivity index (χ1n) is 12.3. The molecule has 0 unspecified atom stereocenters. The van der Waals surface area contributed by atoms with Gasteiger partial charge in [0.1, 0.15) is 11.4 Å². The third kappa shape index (κ3) is 5.02. The predicted octanol–water partition coefficient (Wildman–Crippen LogP) is 2.96. The molecule has 0 saturated carbocycles.